The molecule has 0 fully saturated rings. The molecule has 1 unspecified atom stereocenters. The topological polar surface area (TPSA) is 59.9 Å². The molecular weight excluding hydrogens is 311 g/mol. The van der Waals surface area contributed by atoms with Gasteiger partial charge in [0.15, 0.2) is 0 Å². The molecule has 0 saturated carbocycles. The summed E-state index contributed by atoms with van der Waals surface area (Å²) < 4.78 is 5.38. The second kappa shape index (κ2) is 7.43. The van der Waals surface area contributed by atoms with Crippen molar-refractivity contribution in [2.75, 3.05) is 11.9 Å². The quantitative estimate of drug-likeness (QED) is 0.864. The molecule has 0 aliphatic rings. The summed E-state index contributed by atoms with van der Waals surface area (Å²) in [5, 5.41) is 3.93. The minimum atomic E-state index is -0.0267. The molecule has 0 saturated heterocycles. The second-order valence-electron chi connectivity index (χ2n) is 4.48. The summed E-state index contributed by atoms with van der Waals surface area (Å²) in [7, 11) is 0. The summed E-state index contributed by atoms with van der Waals surface area (Å²) in [6.45, 7) is 4.52. The van der Waals surface area contributed by atoms with Gasteiger partial charge in [0.05, 0.1) is 12.6 Å². The van der Waals surface area contributed by atoms with Crippen LogP contribution in [0.4, 0.5) is 5.95 Å². The first-order valence-corrected chi connectivity index (χ1v) is 7.40. The van der Waals surface area contributed by atoms with Crippen LogP contribution in [0.1, 0.15) is 31.9 Å². The van der Waals surface area contributed by atoms with E-state index in [0.717, 1.165) is 12.0 Å². The number of nitrogens with one attached hydrogen (secondary N) is 1. The average Bonchev–Trinajstić information content (AvgIpc) is 2.44. The Morgan fingerprint density at radius 1 is 1.24 bits per heavy atom. The molecule has 0 radical (unpaired) electrons. The van der Waals surface area contributed by atoms with Crippen LogP contribution in [0.25, 0.3) is 0 Å². The van der Waals surface area contributed by atoms with E-state index < -0.39 is 0 Å². The molecule has 0 spiro atoms. The molecule has 0 aliphatic heterocycles. The summed E-state index contributed by atoms with van der Waals surface area (Å²) in [6, 6.07) is 7.77. The van der Waals surface area contributed by atoms with Gasteiger partial charge in [0.2, 0.25) is 11.2 Å². The summed E-state index contributed by atoms with van der Waals surface area (Å²) >= 11 is 11.9. The summed E-state index contributed by atoms with van der Waals surface area (Å²) in [5.41, 5.74) is 1.02. The van der Waals surface area contributed by atoms with Crippen LogP contribution in [0, 0.1) is 0 Å². The molecular formula is C14H16Cl2N4O. The molecule has 1 N–H and O–H groups in total. The number of ether oxygens (including phenoxy) is 1. The lowest BCUT2D eigenvalue weighted by atomic mass is 10.1. The highest BCUT2D eigenvalue weighted by atomic mass is 35.5. The number of halogens is 2. The van der Waals surface area contributed by atoms with Gasteiger partial charge in [-0.1, -0.05) is 30.7 Å². The van der Waals surface area contributed by atoms with Crippen LogP contribution in [0.5, 0.6) is 6.01 Å². The maximum Gasteiger partial charge on any atom is 0.322 e. The number of anilines is 1. The molecule has 2 rings (SSSR count). The fraction of sp³-hybridized carbons (Fsp3) is 0.357. The smallest absolute Gasteiger partial charge is 0.322 e. The first-order valence-electron chi connectivity index (χ1n) is 6.65. The standard InChI is InChI=1S/C14H16Cl2N4O/c1-3-7-21-14-19-12(16)18-13(20-14)17-9(2)10-5-4-6-11(15)8-10/h4-6,8-9H,3,7H2,1-2H3,(H,17,18,19,20). The number of hydrogen-bond donors (Lipinski definition) is 1. The van der Waals surface area contributed by atoms with E-state index in [1.54, 1.807) is 0 Å². The maximum absolute atomic E-state index is 5.99. The zero-order valence-electron chi connectivity index (χ0n) is 11.8. The fourth-order valence-corrected chi connectivity index (χ4v) is 2.06. The number of aromatic nitrogens is 3. The van der Waals surface area contributed by atoms with E-state index in [1.807, 2.05) is 38.1 Å². The van der Waals surface area contributed by atoms with Gasteiger partial charge in [-0.25, -0.2) is 0 Å². The predicted octanol–water partition coefficient (Wildman–Crippen LogP) is 4.14. The van der Waals surface area contributed by atoms with E-state index in [2.05, 4.69) is 20.3 Å². The number of nitrogens with zero attached hydrogens (tertiary/aromatic N) is 3. The monoisotopic (exact) mass is 326 g/mol. The molecule has 0 amide bonds. The minimum absolute atomic E-state index is 0.0267. The van der Waals surface area contributed by atoms with E-state index in [0.29, 0.717) is 17.6 Å². The summed E-state index contributed by atoms with van der Waals surface area (Å²) in [5.74, 6) is 0.369. The lowest BCUT2D eigenvalue weighted by Crippen LogP contribution is -2.11. The zero-order valence-corrected chi connectivity index (χ0v) is 13.3. The third-order valence-electron chi connectivity index (χ3n) is 2.72. The SMILES string of the molecule is CCCOc1nc(Cl)nc(NC(C)c2cccc(Cl)c2)n1. The van der Waals surface area contributed by atoms with Crippen molar-refractivity contribution >= 4 is 29.2 Å². The van der Waals surface area contributed by atoms with E-state index in [-0.39, 0.29) is 17.3 Å². The van der Waals surface area contributed by atoms with Gasteiger partial charge in [-0.2, -0.15) is 15.0 Å². The van der Waals surface area contributed by atoms with E-state index >= 15 is 0 Å². The van der Waals surface area contributed by atoms with Crippen LogP contribution in [-0.2, 0) is 0 Å². The van der Waals surface area contributed by atoms with Gasteiger partial charge < -0.3 is 10.1 Å². The second-order valence-corrected chi connectivity index (χ2v) is 5.25. The first kappa shape index (κ1) is 15.8. The fourth-order valence-electron chi connectivity index (χ4n) is 1.71. The van der Waals surface area contributed by atoms with Gasteiger partial charge in [-0.15, -0.1) is 0 Å². The Morgan fingerprint density at radius 3 is 2.76 bits per heavy atom. The Balaban J connectivity index is 2.13. The number of rotatable bonds is 6. The highest BCUT2D eigenvalue weighted by Gasteiger charge is 2.11. The van der Waals surface area contributed by atoms with E-state index in [9.17, 15) is 0 Å². The van der Waals surface area contributed by atoms with Crippen molar-refractivity contribution < 1.29 is 4.74 Å². The Morgan fingerprint density at radius 2 is 2.05 bits per heavy atom. The Labute approximate surface area is 133 Å². The molecule has 1 atom stereocenters. The van der Waals surface area contributed by atoms with Crippen LogP contribution in [-0.4, -0.2) is 21.6 Å². The highest BCUT2D eigenvalue weighted by Crippen LogP contribution is 2.21. The van der Waals surface area contributed by atoms with Crippen LogP contribution < -0.4 is 10.1 Å². The van der Waals surface area contributed by atoms with Gasteiger partial charge in [0.25, 0.3) is 0 Å². The molecule has 0 bridgehead atoms. The Bertz CT molecular complexity index is 609. The maximum atomic E-state index is 5.99. The first-order chi connectivity index (χ1) is 10.1. The molecule has 112 valence electrons. The number of hydrogen-bond acceptors (Lipinski definition) is 5. The van der Waals surface area contributed by atoms with Gasteiger partial charge >= 0.3 is 6.01 Å². The lowest BCUT2D eigenvalue weighted by molar-refractivity contribution is 0.291. The number of benzene rings is 1. The average molecular weight is 327 g/mol. The lowest BCUT2D eigenvalue weighted by Gasteiger charge is -2.15. The molecule has 7 heteroatoms. The summed E-state index contributed by atoms with van der Waals surface area (Å²) in [4.78, 5) is 12.2. The van der Waals surface area contributed by atoms with Crippen molar-refractivity contribution in [2.45, 2.75) is 26.3 Å². The Hall–Kier alpha value is -1.59. The molecule has 0 aliphatic carbocycles. The van der Waals surface area contributed by atoms with Gasteiger partial charge in [0.1, 0.15) is 0 Å². The van der Waals surface area contributed by atoms with E-state index in [1.165, 1.54) is 0 Å². The Kier molecular flexibility index (Phi) is 5.59. The van der Waals surface area contributed by atoms with Crippen molar-refractivity contribution in [2.24, 2.45) is 0 Å². The third kappa shape index (κ3) is 4.72. The van der Waals surface area contributed by atoms with Gasteiger partial charge in [-0.05, 0) is 42.6 Å². The predicted molar refractivity (Wildman–Crippen MR) is 84.1 cm³/mol. The van der Waals surface area contributed by atoms with Gasteiger partial charge in [-0.3, -0.25) is 0 Å². The zero-order chi connectivity index (χ0) is 15.2. The minimum Gasteiger partial charge on any atom is -0.463 e. The van der Waals surface area contributed by atoms with Crippen molar-refractivity contribution in [1.29, 1.82) is 0 Å². The third-order valence-corrected chi connectivity index (χ3v) is 3.12. The summed E-state index contributed by atoms with van der Waals surface area (Å²) in [6.07, 6.45) is 0.866. The molecule has 1 heterocycles. The van der Waals surface area contributed by atoms with Crippen molar-refractivity contribution in [3.63, 3.8) is 0 Å². The molecule has 2 aromatic rings. The molecule has 5 nitrogen and oxygen atoms in total. The normalized spacial score (nSPS) is 12.0. The van der Waals surface area contributed by atoms with Crippen LogP contribution in [0.2, 0.25) is 10.3 Å². The van der Waals surface area contributed by atoms with Gasteiger partial charge in [0, 0.05) is 5.02 Å². The molecule has 1 aromatic heterocycles. The van der Waals surface area contributed by atoms with Crippen molar-refractivity contribution in [1.82, 2.24) is 15.0 Å². The largest absolute Gasteiger partial charge is 0.463 e. The van der Waals surface area contributed by atoms with Crippen molar-refractivity contribution in [3.8, 4) is 6.01 Å². The molecule has 21 heavy (non-hydrogen) atoms. The molecule has 1 aromatic carbocycles. The highest BCUT2D eigenvalue weighted by molar-refractivity contribution is 6.30. The van der Waals surface area contributed by atoms with Crippen LogP contribution in [0.15, 0.2) is 24.3 Å². The van der Waals surface area contributed by atoms with Crippen molar-refractivity contribution in [3.05, 3.63) is 40.1 Å². The van der Waals surface area contributed by atoms with Crippen LogP contribution >= 0.6 is 23.2 Å². The van der Waals surface area contributed by atoms with Crippen LogP contribution in [0.3, 0.4) is 0 Å². The van der Waals surface area contributed by atoms with E-state index in [4.69, 9.17) is 27.9 Å².